The third-order valence-corrected chi connectivity index (χ3v) is 6.82. The van der Waals surface area contributed by atoms with Crippen LogP contribution in [0.1, 0.15) is 12.5 Å². The Morgan fingerprint density at radius 1 is 0.967 bits per heavy atom. The summed E-state index contributed by atoms with van der Waals surface area (Å²) in [7, 11) is -4.90. The highest BCUT2D eigenvalue weighted by atomic mass is 35.5. The molecule has 0 radical (unpaired) electrons. The van der Waals surface area contributed by atoms with Crippen molar-refractivity contribution in [1.29, 1.82) is 0 Å². The topological polar surface area (TPSA) is 57.6 Å². The summed E-state index contributed by atoms with van der Waals surface area (Å²) in [5, 5.41) is 8.94. The molecule has 13 heteroatoms. The molecule has 0 aliphatic heterocycles. The number of halogens is 8. The molecule has 1 atom stereocenters. The van der Waals surface area contributed by atoms with E-state index in [2.05, 4.69) is 0 Å². The summed E-state index contributed by atoms with van der Waals surface area (Å²) in [6.45, 7) is -1.52. The predicted octanol–water partition coefficient (Wildman–Crippen LogP) is 5.52. The van der Waals surface area contributed by atoms with Crippen LogP contribution < -0.4 is 4.31 Å². The number of benzene rings is 2. The van der Waals surface area contributed by atoms with Crippen molar-refractivity contribution in [2.24, 2.45) is 0 Å². The van der Waals surface area contributed by atoms with Gasteiger partial charge in [-0.05, 0) is 36.8 Å². The van der Waals surface area contributed by atoms with Crippen LogP contribution in [0, 0.1) is 0 Å². The average Bonchev–Trinajstić information content (AvgIpc) is 2.60. The van der Waals surface area contributed by atoms with Gasteiger partial charge >= 0.3 is 12.4 Å². The van der Waals surface area contributed by atoms with Crippen molar-refractivity contribution in [1.82, 2.24) is 0 Å². The van der Waals surface area contributed by atoms with E-state index in [1.807, 2.05) is 0 Å². The van der Waals surface area contributed by atoms with Gasteiger partial charge in [0.2, 0.25) is 0 Å². The Morgan fingerprint density at radius 2 is 1.50 bits per heavy atom. The molecule has 0 aliphatic carbocycles. The van der Waals surface area contributed by atoms with E-state index < -0.39 is 55.7 Å². The van der Waals surface area contributed by atoms with Gasteiger partial charge in [0.15, 0.2) is 5.60 Å². The molecule has 0 saturated heterocycles. The largest absolute Gasteiger partial charge is 0.421 e. The van der Waals surface area contributed by atoms with E-state index in [4.69, 9.17) is 23.2 Å². The summed E-state index contributed by atoms with van der Waals surface area (Å²) in [5.74, 6) is 0. The van der Waals surface area contributed by atoms with Gasteiger partial charge in [-0.3, -0.25) is 4.31 Å². The highest BCUT2D eigenvalue weighted by Crippen LogP contribution is 2.40. The molecule has 0 fully saturated rings. The highest BCUT2D eigenvalue weighted by Gasteiger charge is 2.51. The van der Waals surface area contributed by atoms with Crippen molar-refractivity contribution in [3.8, 4) is 0 Å². The van der Waals surface area contributed by atoms with Crippen LogP contribution >= 0.6 is 23.2 Å². The lowest BCUT2D eigenvalue weighted by molar-refractivity contribution is -0.258. The van der Waals surface area contributed by atoms with Gasteiger partial charge in [-0.2, -0.15) is 26.3 Å². The normalized spacial score (nSPS) is 15.0. The summed E-state index contributed by atoms with van der Waals surface area (Å²) in [6.07, 6.45) is -10.1. The van der Waals surface area contributed by atoms with Crippen LogP contribution in [0.2, 0.25) is 10.0 Å². The maximum absolute atomic E-state index is 13.1. The Morgan fingerprint density at radius 3 is 1.97 bits per heavy atom. The van der Waals surface area contributed by atoms with Crippen LogP contribution in [0.25, 0.3) is 0 Å². The van der Waals surface area contributed by atoms with Crippen LogP contribution in [-0.2, 0) is 15.6 Å². The fraction of sp³-hybridized carbons (Fsp3) is 0.294. The first-order valence-corrected chi connectivity index (χ1v) is 10.1. The van der Waals surface area contributed by atoms with Crippen LogP contribution in [0.15, 0.2) is 47.4 Å². The Bertz CT molecular complexity index is 1020. The van der Waals surface area contributed by atoms with E-state index in [-0.39, 0.29) is 9.33 Å². The van der Waals surface area contributed by atoms with Crippen LogP contribution in [0.5, 0.6) is 0 Å². The zero-order valence-electron chi connectivity index (χ0n) is 14.9. The molecule has 4 nitrogen and oxygen atoms in total. The molecule has 1 N–H and O–H groups in total. The zero-order chi connectivity index (χ0) is 23.1. The molecule has 166 valence electrons. The number of nitrogens with zero attached hydrogens (tertiary/aromatic N) is 1. The number of alkyl halides is 6. The van der Waals surface area contributed by atoms with Gasteiger partial charge in [-0.25, -0.2) is 8.42 Å². The zero-order valence-corrected chi connectivity index (χ0v) is 17.2. The molecule has 0 saturated carbocycles. The summed E-state index contributed by atoms with van der Waals surface area (Å²) in [6, 6.07) is 6.13. The number of sulfonamides is 1. The van der Waals surface area contributed by atoms with Crippen molar-refractivity contribution < 1.29 is 39.9 Å². The molecule has 30 heavy (non-hydrogen) atoms. The lowest BCUT2D eigenvalue weighted by Gasteiger charge is -2.29. The molecular formula is C17H13Cl2F6NO3S. The van der Waals surface area contributed by atoms with Crippen molar-refractivity contribution in [2.75, 3.05) is 10.8 Å². The van der Waals surface area contributed by atoms with Gasteiger partial charge < -0.3 is 5.11 Å². The summed E-state index contributed by atoms with van der Waals surface area (Å²) in [4.78, 5) is -0.715. The van der Waals surface area contributed by atoms with Crippen LogP contribution in [0.3, 0.4) is 0 Å². The Labute approximate surface area is 177 Å². The second-order valence-corrected chi connectivity index (χ2v) is 8.91. The van der Waals surface area contributed by atoms with E-state index in [0.29, 0.717) is 19.1 Å². The number of anilines is 1. The molecular weight excluding hydrogens is 483 g/mol. The number of hydrogen-bond donors (Lipinski definition) is 1. The maximum atomic E-state index is 13.1. The van der Waals surface area contributed by atoms with Gasteiger partial charge in [0.05, 0.1) is 15.7 Å². The number of aliphatic hydroxyl groups is 1. The first-order chi connectivity index (χ1) is 13.5. The summed E-state index contributed by atoms with van der Waals surface area (Å²) in [5.41, 5.74) is -4.58. The summed E-state index contributed by atoms with van der Waals surface area (Å²) < 4.78 is 104. The SMILES string of the molecule is CC(O)(c1ccc(N(CC(F)(F)F)S(=O)(=O)c2cccc(Cl)c2Cl)cc1)C(F)(F)F. The van der Waals surface area contributed by atoms with Crippen molar-refractivity contribution >= 4 is 38.9 Å². The molecule has 1 unspecified atom stereocenters. The fourth-order valence-corrected chi connectivity index (χ4v) is 4.58. The molecule has 0 heterocycles. The molecule has 2 aromatic carbocycles. The lowest BCUT2D eigenvalue weighted by Crippen LogP contribution is -2.40. The van der Waals surface area contributed by atoms with E-state index in [0.717, 1.165) is 24.3 Å². The number of hydrogen-bond acceptors (Lipinski definition) is 3. The molecule has 0 amide bonds. The lowest BCUT2D eigenvalue weighted by atomic mass is 9.95. The minimum absolute atomic E-state index is 0.0589. The Hall–Kier alpha value is -1.69. The molecule has 2 rings (SSSR count). The van der Waals surface area contributed by atoms with E-state index in [1.54, 1.807) is 0 Å². The third-order valence-electron chi connectivity index (χ3n) is 4.08. The second-order valence-electron chi connectivity index (χ2n) is 6.30. The molecule has 0 aromatic heterocycles. The van der Waals surface area contributed by atoms with E-state index in [1.165, 1.54) is 6.07 Å². The first kappa shape index (κ1) is 24.6. The van der Waals surface area contributed by atoms with Crippen molar-refractivity contribution in [3.63, 3.8) is 0 Å². The smallest absolute Gasteiger partial charge is 0.376 e. The van der Waals surface area contributed by atoms with Crippen LogP contribution in [-0.4, -0.2) is 32.4 Å². The van der Waals surface area contributed by atoms with Gasteiger partial charge in [0.25, 0.3) is 10.0 Å². The highest BCUT2D eigenvalue weighted by molar-refractivity contribution is 7.93. The maximum Gasteiger partial charge on any atom is 0.421 e. The minimum Gasteiger partial charge on any atom is -0.376 e. The van der Waals surface area contributed by atoms with Crippen molar-refractivity contribution in [3.05, 3.63) is 58.1 Å². The molecule has 2 aromatic rings. The van der Waals surface area contributed by atoms with Gasteiger partial charge in [0.1, 0.15) is 11.4 Å². The molecule has 0 bridgehead atoms. The second kappa shape index (κ2) is 8.10. The van der Waals surface area contributed by atoms with Crippen molar-refractivity contribution in [2.45, 2.75) is 29.8 Å². The average molecular weight is 496 g/mol. The fourth-order valence-electron chi connectivity index (χ4n) is 2.40. The molecule has 0 aliphatic rings. The third kappa shape index (κ3) is 4.96. The summed E-state index contributed by atoms with van der Waals surface area (Å²) >= 11 is 11.6. The standard InChI is InChI=1S/C17H13Cl2F6NO3S/c1-15(27,17(23,24)25)10-5-7-11(8-6-10)26(9-16(20,21)22)30(28,29)13-4-2-3-12(18)14(13)19/h2-8,27H,9H2,1H3. The monoisotopic (exact) mass is 495 g/mol. The number of rotatable bonds is 5. The predicted molar refractivity (Wildman–Crippen MR) is 99.1 cm³/mol. The van der Waals surface area contributed by atoms with E-state index >= 15 is 0 Å². The van der Waals surface area contributed by atoms with Gasteiger partial charge in [-0.15, -0.1) is 0 Å². The van der Waals surface area contributed by atoms with Crippen LogP contribution in [0.4, 0.5) is 32.0 Å². The van der Waals surface area contributed by atoms with E-state index in [9.17, 15) is 39.9 Å². The van der Waals surface area contributed by atoms with Gasteiger partial charge in [-0.1, -0.05) is 41.4 Å². The first-order valence-electron chi connectivity index (χ1n) is 7.91. The van der Waals surface area contributed by atoms with Gasteiger partial charge in [0, 0.05) is 0 Å². The minimum atomic E-state index is -5.07. The Kier molecular flexibility index (Phi) is 6.64. The molecule has 0 spiro atoms. The Balaban J connectivity index is 2.60. The quantitative estimate of drug-likeness (QED) is 0.555.